The lowest BCUT2D eigenvalue weighted by Crippen LogP contribution is -1.95. The summed E-state index contributed by atoms with van der Waals surface area (Å²) in [4.78, 5) is 9.00. The number of benzene rings is 2. The first-order valence-corrected chi connectivity index (χ1v) is 8.86. The first-order chi connectivity index (χ1) is 11.3. The topological polar surface area (TPSA) is 30.7 Å². The average Bonchev–Trinajstić information content (AvgIpc) is 3.19. The van der Waals surface area contributed by atoms with Crippen LogP contribution in [0.1, 0.15) is 5.01 Å². The van der Waals surface area contributed by atoms with Gasteiger partial charge < -0.3 is 0 Å². The van der Waals surface area contributed by atoms with Gasteiger partial charge in [-0.25, -0.2) is 14.4 Å². The van der Waals surface area contributed by atoms with Crippen LogP contribution in [0.2, 0.25) is 0 Å². The summed E-state index contributed by atoms with van der Waals surface area (Å²) in [6, 6.07) is 14.6. The normalized spacial score (nSPS) is 11.2. The predicted octanol–water partition coefficient (Wildman–Crippen LogP) is 4.91. The molecule has 2 heterocycles. The SMILES string of the molecule is Fc1cccc(-n2ccnc2SCc2nc3ccccc3s2)c1. The van der Waals surface area contributed by atoms with Gasteiger partial charge >= 0.3 is 0 Å². The molecule has 4 aromatic rings. The number of fused-ring (bicyclic) bond motifs is 1. The molecule has 23 heavy (non-hydrogen) atoms. The Morgan fingerprint density at radius 1 is 1.13 bits per heavy atom. The van der Waals surface area contributed by atoms with Crippen molar-refractivity contribution in [2.45, 2.75) is 10.9 Å². The minimum Gasteiger partial charge on any atom is -0.295 e. The molecule has 6 heteroatoms. The molecular weight excluding hydrogens is 329 g/mol. The molecule has 3 nitrogen and oxygen atoms in total. The molecule has 0 aliphatic heterocycles. The van der Waals surface area contributed by atoms with Crippen LogP contribution in [0.4, 0.5) is 4.39 Å². The number of para-hydroxylation sites is 1. The third kappa shape index (κ3) is 3.00. The number of hydrogen-bond acceptors (Lipinski definition) is 4. The van der Waals surface area contributed by atoms with Gasteiger partial charge in [0.2, 0.25) is 0 Å². The maximum atomic E-state index is 13.4. The maximum Gasteiger partial charge on any atom is 0.172 e. The number of thioether (sulfide) groups is 1. The monoisotopic (exact) mass is 341 g/mol. The summed E-state index contributed by atoms with van der Waals surface area (Å²) in [6.45, 7) is 0. The standard InChI is InChI=1S/C17H12FN3S2/c18-12-4-3-5-13(10-12)21-9-8-19-17(21)22-11-16-20-14-6-1-2-7-15(14)23-16/h1-10H,11H2. The van der Waals surface area contributed by atoms with Crippen LogP contribution >= 0.6 is 23.1 Å². The summed E-state index contributed by atoms with van der Waals surface area (Å²) >= 11 is 3.29. The van der Waals surface area contributed by atoms with E-state index in [-0.39, 0.29) is 5.82 Å². The zero-order valence-corrected chi connectivity index (χ0v) is 13.6. The van der Waals surface area contributed by atoms with Crippen molar-refractivity contribution in [2.75, 3.05) is 0 Å². The number of rotatable bonds is 4. The second kappa shape index (κ2) is 6.14. The van der Waals surface area contributed by atoms with Gasteiger partial charge in [0.1, 0.15) is 10.8 Å². The van der Waals surface area contributed by atoms with Crippen molar-refractivity contribution in [1.82, 2.24) is 14.5 Å². The van der Waals surface area contributed by atoms with E-state index >= 15 is 0 Å². The fourth-order valence-electron chi connectivity index (χ4n) is 2.33. The van der Waals surface area contributed by atoms with Crippen LogP contribution in [0.25, 0.3) is 15.9 Å². The average molecular weight is 341 g/mol. The van der Waals surface area contributed by atoms with Crippen LogP contribution in [0, 0.1) is 5.82 Å². The highest BCUT2D eigenvalue weighted by molar-refractivity contribution is 7.98. The zero-order chi connectivity index (χ0) is 15.6. The molecule has 0 aliphatic rings. The Bertz CT molecular complexity index is 928. The number of nitrogens with zero attached hydrogens (tertiary/aromatic N) is 3. The van der Waals surface area contributed by atoms with Crippen LogP contribution in [0.5, 0.6) is 0 Å². The van der Waals surface area contributed by atoms with Gasteiger partial charge in [-0.3, -0.25) is 4.57 Å². The smallest absolute Gasteiger partial charge is 0.172 e. The minimum atomic E-state index is -0.252. The molecule has 0 spiro atoms. The van der Waals surface area contributed by atoms with Gasteiger partial charge in [0.15, 0.2) is 5.16 Å². The summed E-state index contributed by atoms with van der Waals surface area (Å²) in [5.41, 5.74) is 1.80. The fourth-order valence-corrected chi connectivity index (χ4v) is 4.26. The summed E-state index contributed by atoms with van der Waals surface area (Å²) in [6.07, 6.45) is 3.57. The largest absolute Gasteiger partial charge is 0.295 e. The van der Waals surface area contributed by atoms with Crippen molar-refractivity contribution in [3.63, 3.8) is 0 Å². The number of hydrogen-bond donors (Lipinski definition) is 0. The van der Waals surface area contributed by atoms with Crippen molar-refractivity contribution in [2.24, 2.45) is 0 Å². The highest BCUT2D eigenvalue weighted by Crippen LogP contribution is 2.28. The van der Waals surface area contributed by atoms with E-state index in [1.54, 1.807) is 35.4 Å². The van der Waals surface area contributed by atoms with E-state index in [0.29, 0.717) is 0 Å². The van der Waals surface area contributed by atoms with Gasteiger partial charge in [0, 0.05) is 12.4 Å². The molecule has 0 fully saturated rings. The quantitative estimate of drug-likeness (QED) is 0.494. The highest BCUT2D eigenvalue weighted by atomic mass is 32.2. The molecule has 0 radical (unpaired) electrons. The molecule has 0 bridgehead atoms. The molecule has 114 valence electrons. The van der Waals surface area contributed by atoms with E-state index in [1.165, 1.54) is 16.8 Å². The summed E-state index contributed by atoms with van der Waals surface area (Å²) in [5, 5.41) is 1.89. The lowest BCUT2D eigenvalue weighted by Gasteiger charge is -2.06. The molecule has 0 atom stereocenters. The van der Waals surface area contributed by atoms with Crippen LogP contribution in [-0.2, 0) is 5.75 Å². The highest BCUT2D eigenvalue weighted by Gasteiger charge is 2.09. The Labute approximate surface area is 140 Å². The minimum absolute atomic E-state index is 0.252. The molecule has 0 saturated heterocycles. The summed E-state index contributed by atoms with van der Waals surface area (Å²) in [5.74, 6) is 0.490. The van der Waals surface area contributed by atoms with Crippen LogP contribution < -0.4 is 0 Å². The van der Waals surface area contributed by atoms with Crippen molar-refractivity contribution in [3.05, 3.63) is 71.7 Å². The molecule has 0 saturated carbocycles. The first-order valence-electron chi connectivity index (χ1n) is 7.06. The Morgan fingerprint density at radius 2 is 2.04 bits per heavy atom. The second-order valence-corrected chi connectivity index (χ2v) is 6.98. The lowest BCUT2D eigenvalue weighted by molar-refractivity contribution is 0.626. The van der Waals surface area contributed by atoms with Gasteiger partial charge in [-0.1, -0.05) is 30.0 Å². The van der Waals surface area contributed by atoms with E-state index < -0.39 is 0 Å². The molecule has 4 rings (SSSR count). The van der Waals surface area contributed by atoms with Crippen LogP contribution in [-0.4, -0.2) is 14.5 Å². The Hall–Kier alpha value is -2.18. The van der Waals surface area contributed by atoms with Crippen LogP contribution in [0.15, 0.2) is 66.1 Å². The lowest BCUT2D eigenvalue weighted by atomic mass is 10.3. The van der Waals surface area contributed by atoms with Gasteiger partial charge in [0.25, 0.3) is 0 Å². The summed E-state index contributed by atoms with van der Waals surface area (Å²) < 4.78 is 16.5. The number of thiazole rings is 1. The van der Waals surface area contributed by atoms with E-state index in [9.17, 15) is 4.39 Å². The van der Waals surface area contributed by atoms with Crippen molar-refractivity contribution in [1.29, 1.82) is 0 Å². The van der Waals surface area contributed by atoms with Crippen molar-refractivity contribution < 1.29 is 4.39 Å². The molecule has 2 aromatic carbocycles. The maximum absolute atomic E-state index is 13.4. The third-order valence-corrected chi connectivity index (χ3v) is 5.55. The fraction of sp³-hybridized carbons (Fsp3) is 0.0588. The summed E-state index contributed by atoms with van der Waals surface area (Å²) in [7, 11) is 0. The van der Waals surface area contributed by atoms with E-state index in [2.05, 4.69) is 16.0 Å². The van der Waals surface area contributed by atoms with Crippen molar-refractivity contribution in [3.8, 4) is 5.69 Å². The Balaban J connectivity index is 1.57. The number of aromatic nitrogens is 3. The molecule has 0 amide bonds. The predicted molar refractivity (Wildman–Crippen MR) is 92.7 cm³/mol. The van der Waals surface area contributed by atoms with Gasteiger partial charge in [-0.05, 0) is 30.3 Å². The van der Waals surface area contributed by atoms with Crippen molar-refractivity contribution >= 4 is 33.3 Å². The van der Waals surface area contributed by atoms with E-state index in [0.717, 1.165) is 27.1 Å². The number of halogens is 1. The molecule has 2 aromatic heterocycles. The van der Waals surface area contributed by atoms with Gasteiger partial charge in [0.05, 0.1) is 21.7 Å². The first kappa shape index (κ1) is 14.4. The molecular formula is C17H12FN3S2. The second-order valence-electron chi connectivity index (χ2n) is 4.92. The molecule has 0 N–H and O–H groups in total. The third-order valence-electron chi connectivity index (χ3n) is 3.36. The van der Waals surface area contributed by atoms with Gasteiger partial charge in [-0.2, -0.15) is 0 Å². The van der Waals surface area contributed by atoms with E-state index in [4.69, 9.17) is 0 Å². The molecule has 0 aliphatic carbocycles. The van der Waals surface area contributed by atoms with E-state index in [1.807, 2.05) is 35.0 Å². The van der Waals surface area contributed by atoms with Gasteiger partial charge in [-0.15, -0.1) is 11.3 Å². The Kier molecular flexibility index (Phi) is 3.85. The molecule has 0 unspecified atom stereocenters. The number of imidazole rings is 1. The zero-order valence-electron chi connectivity index (χ0n) is 12.0. The van der Waals surface area contributed by atoms with Crippen LogP contribution in [0.3, 0.4) is 0 Å². The Morgan fingerprint density at radius 3 is 2.91 bits per heavy atom.